The molecule has 2 rings (SSSR count). The summed E-state index contributed by atoms with van der Waals surface area (Å²) in [5.41, 5.74) is 0.479. The Labute approximate surface area is 147 Å². The van der Waals surface area contributed by atoms with Crippen LogP contribution in [-0.2, 0) is 9.59 Å². The van der Waals surface area contributed by atoms with Crippen molar-refractivity contribution in [3.8, 4) is 11.8 Å². The number of rotatable bonds is 8. The van der Waals surface area contributed by atoms with Crippen molar-refractivity contribution >= 4 is 17.5 Å². The maximum absolute atomic E-state index is 12.2. The van der Waals surface area contributed by atoms with E-state index in [-0.39, 0.29) is 11.5 Å². The van der Waals surface area contributed by atoms with Gasteiger partial charge < -0.3 is 20.3 Å². The molecule has 1 aromatic rings. The first-order valence-corrected chi connectivity index (χ1v) is 8.21. The highest BCUT2D eigenvalue weighted by Gasteiger charge is 2.18. The lowest BCUT2D eigenvalue weighted by Crippen LogP contribution is -2.27. The fourth-order valence-electron chi connectivity index (χ4n) is 2.57. The van der Waals surface area contributed by atoms with Crippen molar-refractivity contribution in [1.82, 2.24) is 10.2 Å². The van der Waals surface area contributed by atoms with Gasteiger partial charge in [0.05, 0.1) is 12.8 Å². The van der Waals surface area contributed by atoms with Gasteiger partial charge in [-0.25, -0.2) is 0 Å². The lowest BCUT2D eigenvalue weighted by molar-refractivity contribution is -0.127. The van der Waals surface area contributed by atoms with Crippen molar-refractivity contribution in [1.29, 1.82) is 5.26 Å². The normalized spacial score (nSPS) is 14.2. The number of amides is 2. The Bertz CT molecular complexity index is 694. The quantitative estimate of drug-likeness (QED) is 0.425. The van der Waals surface area contributed by atoms with Gasteiger partial charge in [-0.1, -0.05) is 12.1 Å². The number of anilines is 1. The second-order valence-electron chi connectivity index (χ2n) is 5.62. The van der Waals surface area contributed by atoms with Crippen LogP contribution in [-0.4, -0.2) is 43.5 Å². The third kappa shape index (κ3) is 5.24. The summed E-state index contributed by atoms with van der Waals surface area (Å²) >= 11 is 0. The molecule has 1 aliphatic heterocycles. The van der Waals surface area contributed by atoms with Crippen LogP contribution in [0.1, 0.15) is 19.3 Å². The molecule has 1 saturated heterocycles. The van der Waals surface area contributed by atoms with Gasteiger partial charge in [-0.15, -0.1) is 0 Å². The molecule has 1 fully saturated rings. The van der Waals surface area contributed by atoms with E-state index in [9.17, 15) is 9.59 Å². The molecule has 7 nitrogen and oxygen atoms in total. The fraction of sp³-hybridized carbons (Fsp3) is 0.389. The molecule has 1 aromatic carbocycles. The topological polar surface area (TPSA) is 94.5 Å². The molecule has 0 radical (unpaired) electrons. The molecule has 0 atom stereocenters. The van der Waals surface area contributed by atoms with E-state index in [2.05, 4.69) is 10.6 Å². The number of ether oxygens (including phenoxy) is 1. The molecule has 0 unspecified atom stereocenters. The monoisotopic (exact) mass is 342 g/mol. The SMILES string of the molecule is COc1ccccc1NC(=O)/C(C#N)=C\NCCCN1CCCC1=O. The molecular formula is C18H22N4O3. The molecule has 132 valence electrons. The average molecular weight is 342 g/mol. The largest absolute Gasteiger partial charge is 0.495 e. The minimum atomic E-state index is -0.505. The third-order valence-electron chi connectivity index (χ3n) is 3.89. The van der Waals surface area contributed by atoms with Crippen LogP contribution in [0.5, 0.6) is 5.75 Å². The number of para-hydroxylation sites is 2. The van der Waals surface area contributed by atoms with Crippen LogP contribution >= 0.6 is 0 Å². The van der Waals surface area contributed by atoms with Gasteiger partial charge in [0.2, 0.25) is 5.91 Å². The lowest BCUT2D eigenvalue weighted by atomic mass is 10.2. The van der Waals surface area contributed by atoms with Crippen molar-refractivity contribution in [3.05, 3.63) is 36.0 Å². The van der Waals surface area contributed by atoms with E-state index in [0.717, 1.165) is 19.4 Å². The number of benzene rings is 1. The number of likely N-dealkylation sites (tertiary alicyclic amines) is 1. The molecule has 2 N–H and O–H groups in total. The highest BCUT2D eigenvalue weighted by molar-refractivity contribution is 6.07. The highest BCUT2D eigenvalue weighted by Crippen LogP contribution is 2.23. The molecule has 0 aromatic heterocycles. The van der Waals surface area contributed by atoms with E-state index in [0.29, 0.717) is 30.9 Å². The summed E-state index contributed by atoms with van der Waals surface area (Å²) in [7, 11) is 1.51. The Morgan fingerprint density at radius 2 is 2.24 bits per heavy atom. The molecule has 7 heteroatoms. The van der Waals surface area contributed by atoms with Gasteiger partial charge in [0, 0.05) is 32.3 Å². The number of carbonyl (C=O) groups excluding carboxylic acids is 2. The van der Waals surface area contributed by atoms with Crippen LogP contribution in [0.4, 0.5) is 5.69 Å². The highest BCUT2D eigenvalue weighted by atomic mass is 16.5. The first-order chi connectivity index (χ1) is 12.2. The van der Waals surface area contributed by atoms with Crippen LogP contribution < -0.4 is 15.4 Å². The molecule has 0 saturated carbocycles. The molecule has 0 aliphatic carbocycles. The van der Waals surface area contributed by atoms with Crippen LogP contribution in [0.2, 0.25) is 0 Å². The fourth-order valence-corrected chi connectivity index (χ4v) is 2.57. The standard InChI is InChI=1S/C18H22N4O3/c1-25-16-7-3-2-6-15(16)21-18(24)14(12-19)13-20-9-5-11-22-10-4-8-17(22)23/h2-3,6-7,13,20H,4-5,8-11H2,1H3,(H,21,24)/b14-13-. The minimum Gasteiger partial charge on any atom is -0.495 e. The smallest absolute Gasteiger partial charge is 0.267 e. The number of nitrogens with one attached hydrogen (secondary N) is 2. The molecule has 25 heavy (non-hydrogen) atoms. The lowest BCUT2D eigenvalue weighted by Gasteiger charge is -2.14. The van der Waals surface area contributed by atoms with Gasteiger partial charge in [0.1, 0.15) is 17.4 Å². The average Bonchev–Trinajstić information content (AvgIpc) is 3.03. The number of methoxy groups -OCH3 is 1. The summed E-state index contributed by atoms with van der Waals surface area (Å²) in [5.74, 6) is 0.218. The zero-order valence-corrected chi connectivity index (χ0v) is 14.2. The number of nitrogens with zero attached hydrogens (tertiary/aromatic N) is 2. The number of nitriles is 1. The first-order valence-electron chi connectivity index (χ1n) is 8.21. The third-order valence-corrected chi connectivity index (χ3v) is 3.89. The first kappa shape index (κ1) is 18.3. The second kappa shape index (κ2) is 9.33. The van der Waals surface area contributed by atoms with Gasteiger partial charge in [-0.3, -0.25) is 9.59 Å². The molecule has 2 amide bonds. The molecule has 0 bridgehead atoms. The van der Waals surface area contributed by atoms with Crippen molar-refractivity contribution in [3.63, 3.8) is 0 Å². The van der Waals surface area contributed by atoms with Gasteiger partial charge in [0.25, 0.3) is 5.91 Å². The summed E-state index contributed by atoms with van der Waals surface area (Å²) < 4.78 is 5.17. The van der Waals surface area contributed by atoms with Crippen LogP contribution in [0.3, 0.4) is 0 Å². The Balaban J connectivity index is 1.81. The minimum absolute atomic E-state index is 0.0249. The van der Waals surface area contributed by atoms with E-state index in [1.54, 1.807) is 24.3 Å². The van der Waals surface area contributed by atoms with Crippen LogP contribution in [0.25, 0.3) is 0 Å². The molecular weight excluding hydrogens is 320 g/mol. The van der Waals surface area contributed by atoms with Crippen molar-refractivity contribution in [2.75, 3.05) is 32.1 Å². The summed E-state index contributed by atoms with van der Waals surface area (Å²) in [6, 6.07) is 8.87. The van der Waals surface area contributed by atoms with Gasteiger partial charge in [-0.2, -0.15) is 5.26 Å². The van der Waals surface area contributed by atoms with Gasteiger partial charge in [0.15, 0.2) is 0 Å². The number of hydrogen-bond donors (Lipinski definition) is 2. The van der Waals surface area contributed by atoms with Crippen molar-refractivity contribution in [2.45, 2.75) is 19.3 Å². The van der Waals surface area contributed by atoms with E-state index < -0.39 is 5.91 Å². The maximum Gasteiger partial charge on any atom is 0.267 e. The molecule has 1 heterocycles. The summed E-state index contributed by atoms with van der Waals surface area (Å²) in [4.78, 5) is 25.5. The summed E-state index contributed by atoms with van der Waals surface area (Å²) in [5, 5.41) is 14.8. The Kier molecular flexibility index (Phi) is 6.84. The predicted octanol–water partition coefficient (Wildman–Crippen LogP) is 1.64. The summed E-state index contributed by atoms with van der Waals surface area (Å²) in [6.07, 6.45) is 3.72. The van der Waals surface area contributed by atoms with E-state index >= 15 is 0 Å². The number of carbonyl (C=O) groups is 2. The zero-order chi connectivity index (χ0) is 18.1. The Morgan fingerprint density at radius 1 is 1.44 bits per heavy atom. The molecule has 0 spiro atoms. The van der Waals surface area contributed by atoms with Crippen molar-refractivity contribution < 1.29 is 14.3 Å². The van der Waals surface area contributed by atoms with E-state index in [1.165, 1.54) is 13.3 Å². The van der Waals surface area contributed by atoms with Crippen LogP contribution in [0.15, 0.2) is 36.0 Å². The van der Waals surface area contributed by atoms with Crippen LogP contribution in [0, 0.1) is 11.3 Å². The van der Waals surface area contributed by atoms with Crippen molar-refractivity contribution in [2.24, 2.45) is 0 Å². The Morgan fingerprint density at radius 3 is 2.92 bits per heavy atom. The zero-order valence-electron chi connectivity index (χ0n) is 14.2. The maximum atomic E-state index is 12.2. The summed E-state index contributed by atoms with van der Waals surface area (Å²) in [6.45, 7) is 2.09. The predicted molar refractivity (Wildman–Crippen MR) is 93.8 cm³/mol. The van der Waals surface area contributed by atoms with Gasteiger partial charge in [-0.05, 0) is 25.0 Å². The van der Waals surface area contributed by atoms with E-state index in [1.807, 2.05) is 11.0 Å². The van der Waals surface area contributed by atoms with E-state index in [4.69, 9.17) is 10.00 Å². The molecule has 1 aliphatic rings. The van der Waals surface area contributed by atoms with Gasteiger partial charge >= 0.3 is 0 Å². The number of hydrogen-bond acceptors (Lipinski definition) is 5. The Hall–Kier alpha value is -3.01. The second-order valence-corrected chi connectivity index (χ2v) is 5.62.